The number of urea groups is 1. The summed E-state index contributed by atoms with van der Waals surface area (Å²) in [5, 5.41) is 5.69. The van der Waals surface area contributed by atoms with E-state index in [4.69, 9.17) is 14.2 Å². The van der Waals surface area contributed by atoms with Crippen LogP contribution in [0.5, 0.6) is 17.2 Å². The smallest absolute Gasteiger partial charge is 0.318 e. The molecule has 178 valence electrons. The van der Waals surface area contributed by atoms with Gasteiger partial charge in [0.25, 0.3) is 0 Å². The number of methoxy groups -OCH3 is 3. The molecule has 3 amide bonds. The Morgan fingerprint density at radius 1 is 0.939 bits per heavy atom. The van der Waals surface area contributed by atoms with Crippen LogP contribution in [0.2, 0.25) is 0 Å². The Hall–Kier alpha value is -3.42. The molecule has 1 heterocycles. The molecule has 0 fully saturated rings. The second-order valence-electron chi connectivity index (χ2n) is 8.36. The number of nitrogens with zero attached hydrogens (tertiary/aromatic N) is 1. The number of hydrogen-bond acceptors (Lipinski definition) is 5. The second-order valence-corrected chi connectivity index (χ2v) is 8.36. The van der Waals surface area contributed by atoms with Gasteiger partial charge in [0.2, 0.25) is 5.91 Å². The van der Waals surface area contributed by atoms with E-state index in [2.05, 4.69) is 10.6 Å². The maximum atomic E-state index is 13.3. The summed E-state index contributed by atoms with van der Waals surface area (Å²) in [6.07, 6.45) is 0.655. The van der Waals surface area contributed by atoms with Gasteiger partial charge < -0.3 is 29.7 Å². The molecule has 0 aromatic heterocycles. The zero-order valence-electron chi connectivity index (χ0n) is 20.1. The first-order valence-corrected chi connectivity index (χ1v) is 11.0. The molecule has 1 aliphatic rings. The van der Waals surface area contributed by atoms with Crippen LogP contribution >= 0.6 is 0 Å². The number of carbonyl (C=O) groups is 2. The van der Waals surface area contributed by atoms with Gasteiger partial charge in [-0.05, 0) is 68.1 Å². The topological polar surface area (TPSA) is 89.1 Å². The molecule has 33 heavy (non-hydrogen) atoms. The van der Waals surface area contributed by atoms with E-state index in [-0.39, 0.29) is 24.0 Å². The third kappa shape index (κ3) is 5.32. The summed E-state index contributed by atoms with van der Waals surface area (Å²) < 4.78 is 16.3. The maximum Gasteiger partial charge on any atom is 0.318 e. The maximum absolute atomic E-state index is 13.3. The summed E-state index contributed by atoms with van der Waals surface area (Å²) in [6, 6.07) is 10.2. The minimum Gasteiger partial charge on any atom is -0.497 e. The van der Waals surface area contributed by atoms with Gasteiger partial charge in [-0.1, -0.05) is 12.1 Å². The highest BCUT2D eigenvalue weighted by molar-refractivity contribution is 5.87. The summed E-state index contributed by atoms with van der Waals surface area (Å²) in [5.41, 5.74) is 2.97. The molecule has 0 unspecified atom stereocenters. The molecule has 0 saturated heterocycles. The Kier molecular flexibility index (Phi) is 7.68. The molecule has 1 aliphatic heterocycles. The summed E-state index contributed by atoms with van der Waals surface area (Å²) in [6.45, 7) is 5.94. The average molecular weight is 456 g/mol. The van der Waals surface area contributed by atoms with E-state index >= 15 is 0 Å². The molecule has 0 radical (unpaired) electrons. The number of amides is 3. The number of ether oxygens (including phenoxy) is 3. The average Bonchev–Trinajstić information content (AvgIpc) is 2.81. The molecule has 0 saturated carbocycles. The number of nitrogens with one attached hydrogen (secondary N) is 2. The van der Waals surface area contributed by atoms with Crippen LogP contribution in [0.25, 0.3) is 0 Å². The lowest BCUT2D eigenvalue weighted by molar-refractivity contribution is -0.123. The number of rotatable bonds is 7. The van der Waals surface area contributed by atoms with Gasteiger partial charge in [0.1, 0.15) is 11.8 Å². The van der Waals surface area contributed by atoms with E-state index in [1.807, 2.05) is 50.2 Å². The van der Waals surface area contributed by atoms with Crippen molar-refractivity contribution in [2.45, 2.75) is 45.3 Å². The molecular formula is C25H33N3O5. The minimum absolute atomic E-state index is 0.00629. The van der Waals surface area contributed by atoms with Crippen LogP contribution in [0.3, 0.4) is 0 Å². The van der Waals surface area contributed by atoms with Crippen molar-refractivity contribution in [3.63, 3.8) is 0 Å². The second kappa shape index (κ2) is 10.5. The van der Waals surface area contributed by atoms with Gasteiger partial charge in [-0.25, -0.2) is 4.79 Å². The lowest BCUT2D eigenvalue weighted by Crippen LogP contribution is -2.53. The van der Waals surface area contributed by atoms with Crippen molar-refractivity contribution >= 4 is 11.9 Å². The quantitative estimate of drug-likeness (QED) is 0.669. The van der Waals surface area contributed by atoms with Gasteiger partial charge in [-0.15, -0.1) is 0 Å². The van der Waals surface area contributed by atoms with Gasteiger partial charge in [0.15, 0.2) is 11.5 Å². The molecule has 0 spiro atoms. The van der Waals surface area contributed by atoms with Crippen molar-refractivity contribution in [2.24, 2.45) is 0 Å². The van der Waals surface area contributed by atoms with E-state index in [9.17, 15) is 9.59 Å². The summed E-state index contributed by atoms with van der Waals surface area (Å²) in [7, 11) is 4.82. The van der Waals surface area contributed by atoms with Crippen LogP contribution < -0.4 is 24.8 Å². The van der Waals surface area contributed by atoms with Crippen LogP contribution in [-0.4, -0.2) is 56.8 Å². The van der Waals surface area contributed by atoms with Crippen molar-refractivity contribution in [3.05, 3.63) is 53.1 Å². The number of fused-ring (bicyclic) bond motifs is 1. The van der Waals surface area contributed by atoms with Gasteiger partial charge in [-0.3, -0.25) is 4.79 Å². The van der Waals surface area contributed by atoms with Gasteiger partial charge in [0, 0.05) is 12.6 Å². The summed E-state index contributed by atoms with van der Waals surface area (Å²) in [5.74, 6) is 1.77. The van der Waals surface area contributed by atoms with Crippen LogP contribution in [-0.2, 0) is 11.2 Å². The van der Waals surface area contributed by atoms with E-state index < -0.39 is 6.04 Å². The Balaban J connectivity index is 1.99. The third-order valence-corrected chi connectivity index (χ3v) is 5.73. The van der Waals surface area contributed by atoms with Crippen LogP contribution in [0.15, 0.2) is 36.4 Å². The highest BCUT2D eigenvalue weighted by Crippen LogP contribution is 2.41. The summed E-state index contributed by atoms with van der Waals surface area (Å²) >= 11 is 0. The van der Waals surface area contributed by atoms with E-state index in [1.165, 1.54) is 0 Å². The predicted molar refractivity (Wildman–Crippen MR) is 126 cm³/mol. The van der Waals surface area contributed by atoms with Crippen LogP contribution in [0, 0.1) is 0 Å². The van der Waals surface area contributed by atoms with Crippen molar-refractivity contribution < 1.29 is 23.8 Å². The van der Waals surface area contributed by atoms with E-state index in [0.29, 0.717) is 24.5 Å². The first kappa shape index (κ1) is 24.2. The van der Waals surface area contributed by atoms with Crippen molar-refractivity contribution in [2.75, 3.05) is 27.9 Å². The van der Waals surface area contributed by atoms with Crippen LogP contribution in [0.1, 0.15) is 43.5 Å². The van der Waals surface area contributed by atoms with Crippen molar-refractivity contribution in [1.29, 1.82) is 0 Å². The van der Waals surface area contributed by atoms with Crippen LogP contribution in [0.4, 0.5) is 4.79 Å². The third-order valence-electron chi connectivity index (χ3n) is 5.73. The van der Waals surface area contributed by atoms with Gasteiger partial charge in [-0.2, -0.15) is 0 Å². The van der Waals surface area contributed by atoms with Gasteiger partial charge in [0.05, 0.1) is 27.4 Å². The highest BCUT2D eigenvalue weighted by atomic mass is 16.5. The molecular weight excluding hydrogens is 422 g/mol. The monoisotopic (exact) mass is 455 g/mol. The first-order valence-electron chi connectivity index (χ1n) is 11.0. The van der Waals surface area contributed by atoms with Crippen molar-refractivity contribution in [1.82, 2.24) is 15.5 Å². The molecule has 2 atom stereocenters. The predicted octanol–water partition coefficient (Wildman–Crippen LogP) is 3.28. The highest BCUT2D eigenvalue weighted by Gasteiger charge is 2.34. The zero-order valence-corrected chi connectivity index (χ0v) is 20.1. The number of hydrogen-bond donors (Lipinski definition) is 2. The molecule has 8 nitrogen and oxygen atoms in total. The Morgan fingerprint density at radius 2 is 1.58 bits per heavy atom. The molecule has 0 bridgehead atoms. The Labute approximate surface area is 195 Å². The fourth-order valence-electron chi connectivity index (χ4n) is 4.05. The summed E-state index contributed by atoms with van der Waals surface area (Å²) in [4.78, 5) is 27.5. The number of benzene rings is 2. The molecule has 2 aromatic carbocycles. The zero-order chi connectivity index (χ0) is 24.1. The molecule has 3 rings (SSSR count). The lowest BCUT2D eigenvalue weighted by Gasteiger charge is -2.38. The molecule has 0 aliphatic carbocycles. The lowest BCUT2D eigenvalue weighted by atomic mass is 9.87. The van der Waals surface area contributed by atoms with Gasteiger partial charge >= 0.3 is 6.03 Å². The largest absolute Gasteiger partial charge is 0.497 e. The molecule has 2 aromatic rings. The molecule has 8 heteroatoms. The normalized spacial score (nSPS) is 16.0. The standard InChI is InChI=1S/C25H33N3O5/c1-15(2)26-24(29)16(3)27-25(30)28-12-11-18-13-21(32-5)22(33-6)14-20(18)23(28)17-7-9-19(31-4)10-8-17/h7-10,13-16,23H,11-12H2,1-6H3,(H,26,29)(H,27,30)/t16-,23-/m0/s1. The van der Waals surface area contributed by atoms with Crippen molar-refractivity contribution in [3.8, 4) is 17.2 Å². The Morgan fingerprint density at radius 3 is 2.15 bits per heavy atom. The molecule has 2 N–H and O–H groups in total. The number of carbonyl (C=O) groups excluding carboxylic acids is 2. The van der Waals surface area contributed by atoms with E-state index in [1.54, 1.807) is 33.2 Å². The first-order chi connectivity index (χ1) is 15.8. The fourth-order valence-corrected chi connectivity index (χ4v) is 4.05. The van der Waals surface area contributed by atoms with E-state index in [0.717, 1.165) is 22.4 Å². The Bertz CT molecular complexity index is 990. The SMILES string of the molecule is COc1ccc([C@H]2c3cc(OC)c(OC)cc3CCN2C(=O)N[C@@H](C)C(=O)NC(C)C)cc1. The fraction of sp³-hybridized carbons (Fsp3) is 0.440. The minimum atomic E-state index is -0.664.